The lowest BCUT2D eigenvalue weighted by Gasteiger charge is -2.23. The lowest BCUT2D eigenvalue weighted by Crippen LogP contribution is -2.45. The normalized spacial score (nSPS) is 12.7. The van der Waals surface area contributed by atoms with Crippen molar-refractivity contribution in [3.05, 3.63) is 69.8 Å². The monoisotopic (exact) mass is 414 g/mol. The van der Waals surface area contributed by atoms with Crippen molar-refractivity contribution >= 4 is 17.6 Å². The molecule has 0 aliphatic carbocycles. The van der Waals surface area contributed by atoms with Gasteiger partial charge in [0.15, 0.2) is 0 Å². The first-order chi connectivity index (χ1) is 14.2. The largest absolute Gasteiger partial charge is 0.494 e. The van der Waals surface area contributed by atoms with Crippen molar-refractivity contribution in [2.45, 2.75) is 39.8 Å². The number of nitro groups is 1. The van der Waals surface area contributed by atoms with E-state index in [9.17, 15) is 19.7 Å². The summed E-state index contributed by atoms with van der Waals surface area (Å²) < 4.78 is 10.8. The van der Waals surface area contributed by atoms with Crippen LogP contribution in [0.1, 0.15) is 49.7 Å². The highest BCUT2D eigenvalue weighted by Gasteiger charge is 2.28. The minimum atomic E-state index is -0.870. The molecule has 0 aliphatic heterocycles. The maximum Gasteiger partial charge on any atom is 0.329 e. The fourth-order valence-electron chi connectivity index (χ4n) is 2.80. The SMILES string of the molecule is CCOc1ccc(C(=O)N[C@H](C(=O)O[C@@H](C)c2cccc([N+](=O)[O-])c2)C(C)C)cc1. The summed E-state index contributed by atoms with van der Waals surface area (Å²) in [7, 11) is 0. The minimum Gasteiger partial charge on any atom is -0.494 e. The summed E-state index contributed by atoms with van der Waals surface area (Å²) in [4.78, 5) is 35.7. The lowest BCUT2D eigenvalue weighted by atomic mass is 10.0. The molecule has 0 aromatic heterocycles. The molecule has 2 atom stereocenters. The number of nitrogens with one attached hydrogen (secondary N) is 1. The maximum atomic E-state index is 12.7. The van der Waals surface area contributed by atoms with E-state index in [1.165, 1.54) is 18.2 Å². The van der Waals surface area contributed by atoms with Crippen LogP contribution >= 0.6 is 0 Å². The molecule has 0 heterocycles. The highest BCUT2D eigenvalue weighted by Crippen LogP contribution is 2.23. The molecule has 0 radical (unpaired) electrons. The molecule has 0 fully saturated rings. The number of amides is 1. The zero-order chi connectivity index (χ0) is 22.3. The predicted molar refractivity (Wildman–Crippen MR) is 111 cm³/mol. The Morgan fingerprint density at radius 1 is 1.10 bits per heavy atom. The van der Waals surface area contributed by atoms with Crippen LogP contribution in [0, 0.1) is 16.0 Å². The summed E-state index contributed by atoms with van der Waals surface area (Å²) in [6.45, 7) is 7.61. The predicted octanol–water partition coefficient (Wildman–Crippen LogP) is 4.05. The second-order valence-corrected chi connectivity index (χ2v) is 7.08. The van der Waals surface area contributed by atoms with E-state index in [0.29, 0.717) is 23.5 Å². The van der Waals surface area contributed by atoms with E-state index >= 15 is 0 Å². The summed E-state index contributed by atoms with van der Waals surface area (Å²) in [5.74, 6) is -0.582. The van der Waals surface area contributed by atoms with Gasteiger partial charge in [0, 0.05) is 17.7 Å². The van der Waals surface area contributed by atoms with E-state index < -0.39 is 28.9 Å². The molecule has 2 aromatic carbocycles. The van der Waals surface area contributed by atoms with Crippen molar-refractivity contribution in [3.63, 3.8) is 0 Å². The summed E-state index contributed by atoms with van der Waals surface area (Å²) in [6, 6.07) is 11.7. The van der Waals surface area contributed by atoms with Crippen molar-refractivity contribution < 1.29 is 24.0 Å². The van der Waals surface area contributed by atoms with Crippen LogP contribution in [0.3, 0.4) is 0 Å². The van der Waals surface area contributed by atoms with Gasteiger partial charge in [-0.2, -0.15) is 0 Å². The fraction of sp³-hybridized carbons (Fsp3) is 0.364. The van der Waals surface area contributed by atoms with E-state index in [2.05, 4.69) is 5.32 Å². The lowest BCUT2D eigenvalue weighted by molar-refractivity contribution is -0.385. The van der Waals surface area contributed by atoms with Gasteiger partial charge in [0.2, 0.25) is 0 Å². The Kier molecular flexibility index (Phi) is 7.91. The number of rotatable bonds is 9. The molecular weight excluding hydrogens is 388 g/mol. The first kappa shape index (κ1) is 22.9. The molecular formula is C22H26N2O6. The Bertz CT molecular complexity index is 895. The number of ether oxygens (including phenoxy) is 2. The van der Waals surface area contributed by atoms with Crippen molar-refractivity contribution in [3.8, 4) is 5.75 Å². The molecule has 0 saturated carbocycles. The zero-order valence-corrected chi connectivity index (χ0v) is 17.5. The highest BCUT2D eigenvalue weighted by atomic mass is 16.6. The Morgan fingerprint density at radius 3 is 2.33 bits per heavy atom. The Balaban J connectivity index is 2.07. The van der Waals surface area contributed by atoms with Crippen LogP contribution in [0.4, 0.5) is 5.69 Å². The van der Waals surface area contributed by atoms with Crippen LogP contribution in [0.25, 0.3) is 0 Å². The molecule has 2 aromatic rings. The van der Waals surface area contributed by atoms with Crippen molar-refractivity contribution in [2.75, 3.05) is 6.61 Å². The number of benzene rings is 2. The van der Waals surface area contributed by atoms with Crippen molar-refractivity contribution in [1.29, 1.82) is 0 Å². The maximum absolute atomic E-state index is 12.7. The van der Waals surface area contributed by atoms with Gasteiger partial charge in [-0.1, -0.05) is 26.0 Å². The molecule has 1 amide bonds. The molecule has 1 N–H and O–H groups in total. The van der Waals surface area contributed by atoms with Crippen molar-refractivity contribution in [1.82, 2.24) is 5.32 Å². The van der Waals surface area contributed by atoms with Crippen LogP contribution < -0.4 is 10.1 Å². The Labute approximate surface area is 175 Å². The fourth-order valence-corrected chi connectivity index (χ4v) is 2.80. The molecule has 0 unspecified atom stereocenters. The van der Waals surface area contributed by atoms with Gasteiger partial charge >= 0.3 is 5.97 Å². The molecule has 0 spiro atoms. The van der Waals surface area contributed by atoms with Gasteiger partial charge in [0.25, 0.3) is 11.6 Å². The molecule has 8 heteroatoms. The van der Waals surface area contributed by atoms with Crippen LogP contribution in [0.2, 0.25) is 0 Å². The number of hydrogen-bond acceptors (Lipinski definition) is 6. The first-order valence-corrected chi connectivity index (χ1v) is 9.71. The third kappa shape index (κ3) is 6.04. The average molecular weight is 414 g/mol. The van der Waals surface area contributed by atoms with Gasteiger partial charge in [-0.25, -0.2) is 4.79 Å². The number of hydrogen-bond donors (Lipinski definition) is 1. The van der Waals surface area contributed by atoms with Gasteiger partial charge in [-0.15, -0.1) is 0 Å². The number of esters is 1. The Morgan fingerprint density at radius 2 is 1.77 bits per heavy atom. The minimum absolute atomic E-state index is 0.0837. The molecule has 160 valence electrons. The summed E-state index contributed by atoms with van der Waals surface area (Å²) in [6.07, 6.45) is -0.707. The molecule has 0 aliphatic rings. The summed E-state index contributed by atoms with van der Waals surface area (Å²) in [5.41, 5.74) is 0.807. The third-order valence-electron chi connectivity index (χ3n) is 4.48. The third-order valence-corrected chi connectivity index (χ3v) is 4.48. The molecule has 0 bridgehead atoms. The summed E-state index contributed by atoms with van der Waals surface area (Å²) >= 11 is 0. The molecule has 30 heavy (non-hydrogen) atoms. The van der Waals surface area contributed by atoms with E-state index in [0.717, 1.165) is 0 Å². The highest BCUT2D eigenvalue weighted by molar-refractivity contribution is 5.97. The summed E-state index contributed by atoms with van der Waals surface area (Å²) in [5, 5.41) is 13.7. The Hall–Kier alpha value is -3.42. The number of non-ortho nitro benzene ring substituents is 1. The molecule has 0 saturated heterocycles. The van der Waals surface area contributed by atoms with Crippen LogP contribution in [-0.2, 0) is 9.53 Å². The van der Waals surface area contributed by atoms with Gasteiger partial charge in [0.1, 0.15) is 17.9 Å². The quantitative estimate of drug-likeness (QED) is 0.377. The topological polar surface area (TPSA) is 108 Å². The molecule has 8 nitrogen and oxygen atoms in total. The first-order valence-electron chi connectivity index (χ1n) is 9.71. The van der Waals surface area contributed by atoms with Gasteiger partial charge < -0.3 is 14.8 Å². The van der Waals surface area contributed by atoms with Gasteiger partial charge in [0.05, 0.1) is 11.5 Å². The van der Waals surface area contributed by atoms with Gasteiger partial charge in [-0.3, -0.25) is 14.9 Å². The second-order valence-electron chi connectivity index (χ2n) is 7.08. The standard InChI is InChI=1S/C22H26N2O6/c1-5-29-19-11-9-16(10-12-19)21(25)23-20(14(2)3)22(26)30-15(4)17-7-6-8-18(13-17)24(27)28/h6-15,20H,5H2,1-4H3,(H,23,25)/t15-,20-/m0/s1. The number of nitrogens with zero attached hydrogens (tertiary/aromatic N) is 1. The smallest absolute Gasteiger partial charge is 0.329 e. The van der Waals surface area contributed by atoms with Crippen LogP contribution in [0.15, 0.2) is 48.5 Å². The van der Waals surface area contributed by atoms with Crippen LogP contribution in [-0.4, -0.2) is 29.4 Å². The molecule has 2 rings (SSSR count). The average Bonchev–Trinajstić information content (AvgIpc) is 2.72. The number of carbonyl (C=O) groups is 2. The number of nitro benzene ring substituents is 1. The van der Waals surface area contributed by atoms with Crippen LogP contribution in [0.5, 0.6) is 5.75 Å². The van der Waals surface area contributed by atoms with E-state index in [1.807, 2.05) is 6.92 Å². The van der Waals surface area contributed by atoms with Crippen molar-refractivity contribution in [2.24, 2.45) is 5.92 Å². The van der Waals surface area contributed by atoms with E-state index in [1.54, 1.807) is 51.1 Å². The second kappa shape index (κ2) is 10.4. The zero-order valence-electron chi connectivity index (χ0n) is 17.5. The van der Waals surface area contributed by atoms with E-state index in [-0.39, 0.29) is 11.6 Å². The van der Waals surface area contributed by atoms with E-state index in [4.69, 9.17) is 9.47 Å². The number of carbonyl (C=O) groups excluding carboxylic acids is 2. The van der Waals surface area contributed by atoms with Gasteiger partial charge in [-0.05, 0) is 49.6 Å².